The maximum Gasteiger partial charge on any atom is 0.321 e. The Labute approximate surface area is 170 Å². The van der Waals surface area contributed by atoms with E-state index < -0.39 is 0 Å². The van der Waals surface area contributed by atoms with E-state index in [9.17, 15) is 14.4 Å². The van der Waals surface area contributed by atoms with Crippen molar-refractivity contribution in [2.45, 2.75) is 33.1 Å². The summed E-state index contributed by atoms with van der Waals surface area (Å²) in [6.07, 6.45) is 2.18. The second kappa shape index (κ2) is 7.73. The molecule has 0 unspecified atom stereocenters. The van der Waals surface area contributed by atoms with E-state index in [1.807, 2.05) is 38.1 Å². The molecule has 2 aliphatic rings. The van der Waals surface area contributed by atoms with Crippen LogP contribution < -0.4 is 5.32 Å². The van der Waals surface area contributed by atoms with Gasteiger partial charge in [0, 0.05) is 49.5 Å². The zero-order valence-corrected chi connectivity index (χ0v) is 16.9. The van der Waals surface area contributed by atoms with E-state index in [1.165, 1.54) is 0 Å². The van der Waals surface area contributed by atoms with Crippen LogP contribution in [-0.4, -0.2) is 58.7 Å². The van der Waals surface area contributed by atoms with Crippen molar-refractivity contribution in [3.8, 4) is 0 Å². The molecule has 0 radical (unpaired) electrons. The number of amides is 3. The number of H-pyrrole nitrogens is 1. The number of carbonyl (C=O) groups is 3. The number of aromatic nitrogens is 1. The van der Waals surface area contributed by atoms with Crippen LogP contribution in [-0.2, 0) is 6.42 Å². The summed E-state index contributed by atoms with van der Waals surface area (Å²) in [5.74, 6) is 0.0279. The molecule has 1 fully saturated rings. The largest absolute Gasteiger partial charge is 0.354 e. The van der Waals surface area contributed by atoms with Gasteiger partial charge in [0.1, 0.15) is 5.69 Å². The maximum absolute atomic E-state index is 13.0. The summed E-state index contributed by atoms with van der Waals surface area (Å²) in [4.78, 5) is 44.4. The zero-order chi connectivity index (χ0) is 20.5. The average molecular weight is 394 g/mol. The number of piperazine rings is 1. The van der Waals surface area contributed by atoms with Gasteiger partial charge < -0.3 is 20.1 Å². The number of Topliss-reactive ketones (excluding diaryl/α,β-unsaturated/α-hetero) is 1. The number of carbonyl (C=O) groups excluding carboxylic acids is 3. The number of rotatable bonds is 2. The summed E-state index contributed by atoms with van der Waals surface area (Å²) in [7, 11) is 0. The van der Waals surface area contributed by atoms with Crippen molar-refractivity contribution >= 4 is 23.4 Å². The van der Waals surface area contributed by atoms with Crippen LogP contribution in [0.25, 0.3) is 0 Å². The first-order chi connectivity index (χ1) is 13.9. The quantitative estimate of drug-likeness (QED) is 0.821. The maximum atomic E-state index is 13.0. The number of ketones is 1. The minimum absolute atomic E-state index is 0.0940. The number of hydrogen-bond donors (Lipinski definition) is 2. The van der Waals surface area contributed by atoms with Crippen LogP contribution in [0.2, 0.25) is 0 Å². The van der Waals surface area contributed by atoms with Gasteiger partial charge in [0.05, 0.1) is 0 Å². The molecule has 1 aromatic carbocycles. The highest BCUT2D eigenvalue weighted by atomic mass is 16.2. The summed E-state index contributed by atoms with van der Waals surface area (Å²) in [6, 6.07) is 7.52. The lowest BCUT2D eigenvalue weighted by Crippen LogP contribution is -2.51. The van der Waals surface area contributed by atoms with Crippen molar-refractivity contribution in [1.82, 2.24) is 14.8 Å². The van der Waals surface area contributed by atoms with E-state index >= 15 is 0 Å². The summed E-state index contributed by atoms with van der Waals surface area (Å²) in [5.41, 5.74) is 4.72. The summed E-state index contributed by atoms with van der Waals surface area (Å²) >= 11 is 0. The number of anilines is 1. The number of fused-ring (bicyclic) bond motifs is 1. The highest BCUT2D eigenvalue weighted by Gasteiger charge is 2.30. The van der Waals surface area contributed by atoms with E-state index in [0.29, 0.717) is 43.9 Å². The molecule has 7 nitrogen and oxygen atoms in total. The van der Waals surface area contributed by atoms with Crippen molar-refractivity contribution < 1.29 is 14.4 Å². The van der Waals surface area contributed by atoms with Crippen molar-refractivity contribution in [3.05, 3.63) is 52.3 Å². The van der Waals surface area contributed by atoms with Gasteiger partial charge in [-0.15, -0.1) is 0 Å². The fraction of sp³-hybridized carbons (Fsp3) is 0.409. The Bertz CT molecular complexity index is 970. The predicted molar refractivity (Wildman–Crippen MR) is 110 cm³/mol. The zero-order valence-electron chi connectivity index (χ0n) is 16.9. The van der Waals surface area contributed by atoms with Gasteiger partial charge in [-0.1, -0.05) is 12.1 Å². The third-order valence-corrected chi connectivity index (χ3v) is 5.77. The molecule has 0 bridgehead atoms. The number of aryl methyl sites for hydroxylation is 2. The Hall–Kier alpha value is -3.09. The van der Waals surface area contributed by atoms with Crippen molar-refractivity contribution in [1.29, 1.82) is 0 Å². The molecule has 0 saturated carbocycles. The fourth-order valence-electron chi connectivity index (χ4n) is 4.18. The first-order valence-electron chi connectivity index (χ1n) is 10.1. The molecule has 0 atom stereocenters. The lowest BCUT2D eigenvalue weighted by Gasteiger charge is -2.34. The van der Waals surface area contributed by atoms with Crippen LogP contribution >= 0.6 is 0 Å². The van der Waals surface area contributed by atoms with E-state index in [2.05, 4.69) is 10.3 Å². The summed E-state index contributed by atoms with van der Waals surface area (Å²) < 4.78 is 0. The lowest BCUT2D eigenvalue weighted by atomic mass is 9.93. The topological polar surface area (TPSA) is 85.5 Å². The molecule has 1 saturated heterocycles. The number of hydrogen-bond acceptors (Lipinski definition) is 3. The molecule has 1 aliphatic heterocycles. The van der Waals surface area contributed by atoms with Gasteiger partial charge in [0.2, 0.25) is 0 Å². The minimum atomic E-state index is -0.153. The molecule has 152 valence electrons. The van der Waals surface area contributed by atoms with Gasteiger partial charge in [-0.05, 0) is 49.9 Å². The van der Waals surface area contributed by atoms with Crippen LogP contribution in [0, 0.1) is 13.8 Å². The lowest BCUT2D eigenvalue weighted by molar-refractivity contribution is 0.0665. The summed E-state index contributed by atoms with van der Waals surface area (Å²) in [6.45, 7) is 5.71. The Balaban J connectivity index is 1.39. The van der Waals surface area contributed by atoms with E-state index in [0.717, 1.165) is 35.3 Å². The van der Waals surface area contributed by atoms with Crippen molar-refractivity contribution in [2.75, 3.05) is 31.5 Å². The average Bonchev–Trinajstić information content (AvgIpc) is 3.05. The molecule has 1 aliphatic carbocycles. The highest BCUT2D eigenvalue weighted by Crippen LogP contribution is 2.27. The van der Waals surface area contributed by atoms with Gasteiger partial charge in [0.15, 0.2) is 5.78 Å². The van der Waals surface area contributed by atoms with Crippen LogP contribution in [0.1, 0.15) is 50.5 Å². The molecule has 2 heterocycles. The number of nitrogens with zero attached hydrogens (tertiary/aromatic N) is 2. The first-order valence-corrected chi connectivity index (χ1v) is 10.1. The van der Waals surface area contributed by atoms with E-state index in [-0.39, 0.29) is 17.7 Å². The molecule has 4 rings (SSSR count). The molecule has 1 aromatic heterocycles. The van der Waals surface area contributed by atoms with Crippen LogP contribution in [0.4, 0.5) is 10.5 Å². The fourth-order valence-corrected chi connectivity index (χ4v) is 4.18. The molecular formula is C22H26N4O3. The van der Waals surface area contributed by atoms with Crippen molar-refractivity contribution in [2.24, 2.45) is 0 Å². The second-order valence-corrected chi connectivity index (χ2v) is 7.83. The predicted octanol–water partition coefficient (Wildman–Crippen LogP) is 3.14. The molecule has 7 heteroatoms. The number of urea groups is 1. The SMILES string of the molecule is Cc1cccc(NC(=O)N2CCN(C(=O)c3[nH]c4c(c3C)C(=O)CCC4)CC2)c1. The first kappa shape index (κ1) is 19.2. The van der Waals surface area contributed by atoms with Gasteiger partial charge in [-0.25, -0.2) is 4.79 Å². The molecule has 0 spiro atoms. The van der Waals surface area contributed by atoms with E-state index in [1.54, 1.807) is 9.80 Å². The molecule has 29 heavy (non-hydrogen) atoms. The van der Waals surface area contributed by atoms with Gasteiger partial charge in [-0.2, -0.15) is 0 Å². The second-order valence-electron chi connectivity index (χ2n) is 7.83. The van der Waals surface area contributed by atoms with Gasteiger partial charge in [0.25, 0.3) is 5.91 Å². The minimum Gasteiger partial charge on any atom is -0.354 e. The number of benzene rings is 1. The van der Waals surface area contributed by atoms with E-state index in [4.69, 9.17) is 0 Å². The number of aromatic amines is 1. The molecule has 2 aromatic rings. The molecular weight excluding hydrogens is 368 g/mol. The Kier molecular flexibility index (Phi) is 5.13. The number of nitrogens with one attached hydrogen (secondary N) is 2. The Morgan fingerprint density at radius 2 is 1.76 bits per heavy atom. The monoisotopic (exact) mass is 394 g/mol. The molecule has 2 N–H and O–H groups in total. The van der Waals surface area contributed by atoms with Gasteiger partial charge in [-0.3, -0.25) is 9.59 Å². The third kappa shape index (κ3) is 3.77. The Morgan fingerprint density at radius 3 is 2.45 bits per heavy atom. The third-order valence-electron chi connectivity index (χ3n) is 5.77. The normalized spacial score (nSPS) is 16.6. The smallest absolute Gasteiger partial charge is 0.321 e. The standard InChI is InChI=1S/C22H26N4O3/c1-14-5-3-6-16(13-14)23-22(29)26-11-9-25(10-12-26)21(28)20-15(2)19-17(24-20)7-4-8-18(19)27/h3,5-6,13,24H,4,7-12H2,1-2H3,(H,23,29). The van der Waals surface area contributed by atoms with Gasteiger partial charge >= 0.3 is 6.03 Å². The highest BCUT2D eigenvalue weighted by molar-refractivity contribution is 6.04. The van der Waals surface area contributed by atoms with Crippen LogP contribution in [0.3, 0.4) is 0 Å². The Morgan fingerprint density at radius 1 is 1.03 bits per heavy atom. The summed E-state index contributed by atoms with van der Waals surface area (Å²) in [5, 5.41) is 2.92. The van der Waals surface area contributed by atoms with Crippen molar-refractivity contribution in [3.63, 3.8) is 0 Å². The van der Waals surface area contributed by atoms with Crippen LogP contribution in [0.15, 0.2) is 24.3 Å². The van der Waals surface area contributed by atoms with Crippen LogP contribution in [0.5, 0.6) is 0 Å². The molecule has 3 amide bonds.